The molecule has 0 radical (unpaired) electrons. The fraction of sp³-hybridized carbons (Fsp3) is 0.562. The number of ether oxygens (including phenoxy) is 1. The van der Waals surface area contributed by atoms with Crippen LogP contribution in [0.2, 0.25) is 0 Å². The smallest absolute Gasteiger partial charge is 0.139 e. The highest BCUT2D eigenvalue weighted by Gasteiger charge is 2.14. The van der Waals surface area contributed by atoms with Crippen LogP contribution in [0.25, 0.3) is 0 Å². The van der Waals surface area contributed by atoms with Gasteiger partial charge in [0.25, 0.3) is 0 Å². The molecule has 2 nitrogen and oxygen atoms in total. The molecule has 0 amide bonds. The lowest BCUT2D eigenvalue weighted by Gasteiger charge is -2.17. The second-order valence-electron chi connectivity index (χ2n) is 5.23. The van der Waals surface area contributed by atoms with E-state index in [1.54, 1.807) is 0 Å². The minimum Gasteiger partial charge on any atom is -0.492 e. The highest BCUT2D eigenvalue weighted by Crippen LogP contribution is 2.27. The van der Waals surface area contributed by atoms with Crippen LogP contribution in [0, 0.1) is 24.2 Å². The standard InChI is InChI=1S/C16H21NO/c1-13-7-6-10-15(11-17)16(13)18-12-14-8-4-2-3-5-9-14/h6-7,10,14H,2-5,8-9,12H2,1H3. The molecule has 1 fully saturated rings. The van der Waals surface area contributed by atoms with E-state index in [9.17, 15) is 0 Å². The monoisotopic (exact) mass is 243 g/mol. The predicted molar refractivity (Wildman–Crippen MR) is 72.6 cm³/mol. The van der Waals surface area contributed by atoms with Gasteiger partial charge in [-0.2, -0.15) is 5.26 Å². The van der Waals surface area contributed by atoms with Crippen molar-refractivity contribution in [3.63, 3.8) is 0 Å². The zero-order valence-corrected chi connectivity index (χ0v) is 11.1. The number of aryl methyl sites for hydroxylation is 1. The van der Waals surface area contributed by atoms with Gasteiger partial charge in [0.15, 0.2) is 0 Å². The molecule has 2 heteroatoms. The SMILES string of the molecule is Cc1cccc(C#N)c1OCC1CCCCCC1. The lowest BCUT2D eigenvalue weighted by Crippen LogP contribution is -2.12. The minimum absolute atomic E-state index is 0.656. The van der Waals surface area contributed by atoms with Crippen LogP contribution in [-0.2, 0) is 0 Å². The van der Waals surface area contributed by atoms with Crippen molar-refractivity contribution in [1.82, 2.24) is 0 Å². The molecular formula is C16H21NO. The summed E-state index contributed by atoms with van der Waals surface area (Å²) in [5.74, 6) is 1.45. The third kappa shape index (κ3) is 3.26. The van der Waals surface area contributed by atoms with E-state index in [1.807, 2.05) is 25.1 Å². The van der Waals surface area contributed by atoms with Crippen molar-refractivity contribution in [2.45, 2.75) is 45.4 Å². The van der Waals surface area contributed by atoms with Gasteiger partial charge >= 0.3 is 0 Å². The molecular weight excluding hydrogens is 222 g/mol. The van der Waals surface area contributed by atoms with Gasteiger partial charge in [-0.15, -0.1) is 0 Å². The van der Waals surface area contributed by atoms with Crippen molar-refractivity contribution in [3.8, 4) is 11.8 Å². The first-order chi connectivity index (χ1) is 8.81. The number of hydrogen-bond donors (Lipinski definition) is 0. The van der Waals surface area contributed by atoms with Crippen LogP contribution in [0.3, 0.4) is 0 Å². The Balaban J connectivity index is 1.99. The van der Waals surface area contributed by atoms with E-state index < -0.39 is 0 Å². The Kier molecular flexibility index (Phi) is 4.64. The van der Waals surface area contributed by atoms with Crippen molar-refractivity contribution in [2.24, 2.45) is 5.92 Å². The van der Waals surface area contributed by atoms with Crippen LogP contribution in [0.1, 0.15) is 49.7 Å². The number of benzene rings is 1. The Morgan fingerprint density at radius 1 is 1.22 bits per heavy atom. The molecule has 2 rings (SSSR count). The molecule has 0 bridgehead atoms. The molecule has 0 aromatic heterocycles. The molecule has 1 aliphatic carbocycles. The topological polar surface area (TPSA) is 33.0 Å². The summed E-state index contributed by atoms with van der Waals surface area (Å²) in [4.78, 5) is 0. The molecule has 0 atom stereocenters. The Morgan fingerprint density at radius 3 is 2.61 bits per heavy atom. The summed E-state index contributed by atoms with van der Waals surface area (Å²) in [6.45, 7) is 2.77. The van der Waals surface area contributed by atoms with Gasteiger partial charge in [-0.1, -0.05) is 37.8 Å². The fourth-order valence-electron chi connectivity index (χ4n) is 2.66. The normalized spacial score (nSPS) is 16.9. The zero-order valence-electron chi connectivity index (χ0n) is 11.1. The molecule has 18 heavy (non-hydrogen) atoms. The molecule has 1 saturated carbocycles. The van der Waals surface area contributed by atoms with E-state index in [0.717, 1.165) is 17.9 Å². The zero-order chi connectivity index (χ0) is 12.8. The number of hydrogen-bond acceptors (Lipinski definition) is 2. The van der Waals surface area contributed by atoms with Crippen LogP contribution in [0.15, 0.2) is 18.2 Å². The third-order valence-electron chi connectivity index (χ3n) is 3.77. The van der Waals surface area contributed by atoms with E-state index in [4.69, 9.17) is 10.00 Å². The van der Waals surface area contributed by atoms with Gasteiger partial charge in [0.1, 0.15) is 11.8 Å². The highest BCUT2D eigenvalue weighted by molar-refractivity contribution is 5.47. The van der Waals surface area contributed by atoms with Gasteiger partial charge in [0, 0.05) is 0 Å². The van der Waals surface area contributed by atoms with Crippen LogP contribution >= 0.6 is 0 Å². The number of nitrogens with zero attached hydrogens (tertiary/aromatic N) is 1. The predicted octanol–water partition coefficient (Wildman–Crippen LogP) is 4.22. The van der Waals surface area contributed by atoms with Crippen LogP contribution < -0.4 is 4.74 Å². The summed E-state index contributed by atoms with van der Waals surface area (Å²) in [5, 5.41) is 9.09. The summed E-state index contributed by atoms with van der Waals surface area (Å²) >= 11 is 0. The molecule has 0 N–H and O–H groups in total. The average molecular weight is 243 g/mol. The number of para-hydroxylation sites is 1. The van der Waals surface area contributed by atoms with Crippen molar-refractivity contribution in [2.75, 3.05) is 6.61 Å². The Morgan fingerprint density at radius 2 is 1.94 bits per heavy atom. The molecule has 1 aromatic carbocycles. The summed E-state index contributed by atoms with van der Waals surface area (Å²) in [5.41, 5.74) is 1.71. The highest BCUT2D eigenvalue weighted by atomic mass is 16.5. The van der Waals surface area contributed by atoms with Gasteiger partial charge in [-0.3, -0.25) is 0 Å². The van der Waals surface area contributed by atoms with Crippen molar-refractivity contribution in [3.05, 3.63) is 29.3 Å². The second-order valence-corrected chi connectivity index (χ2v) is 5.23. The molecule has 96 valence electrons. The van der Waals surface area contributed by atoms with Gasteiger partial charge in [-0.25, -0.2) is 0 Å². The Hall–Kier alpha value is -1.49. The van der Waals surface area contributed by atoms with Gasteiger partial charge < -0.3 is 4.74 Å². The first-order valence-electron chi connectivity index (χ1n) is 6.94. The summed E-state index contributed by atoms with van der Waals surface area (Å²) in [6.07, 6.45) is 7.93. The van der Waals surface area contributed by atoms with Crippen LogP contribution in [0.4, 0.5) is 0 Å². The molecule has 1 aliphatic rings. The number of rotatable bonds is 3. The van der Waals surface area contributed by atoms with E-state index in [2.05, 4.69) is 6.07 Å². The molecule has 0 unspecified atom stereocenters. The van der Waals surface area contributed by atoms with Crippen LogP contribution in [-0.4, -0.2) is 6.61 Å². The summed E-state index contributed by atoms with van der Waals surface area (Å²) < 4.78 is 5.93. The maximum atomic E-state index is 9.09. The maximum absolute atomic E-state index is 9.09. The Bertz CT molecular complexity index is 425. The van der Waals surface area contributed by atoms with E-state index in [1.165, 1.54) is 38.5 Å². The van der Waals surface area contributed by atoms with Crippen molar-refractivity contribution < 1.29 is 4.74 Å². The first-order valence-corrected chi connectivity index (χ1v) is 6.94. The molecule has 0 spiro atoms. The maximum Gasteiger partial charge on any atom is 0.139 e. The van der Waals surface area contributed by atoms with E-state index >= 15 is 0 Å². The molecule has 1 aromatic rings. The number of nitriles is 1. The van der Waals surface area contributed by atoms with Gasteiger partial charge in [-0.05, 0) is 37.3 Å². The van der Waals surface area contributed by atoms with E-state index in [-0.39, 0.29) is 0 Å². The summed E-state index contributed by atoms with van der Waals surface area (Å²) in [6, 6.07) is 7.95. The lowest BCUT2D eigenvalue weighted by atomic mass is 10.0. The quantitative estimate of drug-likeness (QED) is 0.745. The largest absolute Gasteiger partial charge is 0.492 e. The van der Waals surface area contributed by atoms with Crippen molar-refractivity contribution >= 4 is 0 Å². The third-order valence-corrected chi connectivity index (χ3v) is 3.77. The van der Waals surface area contributed by atoms with Crippen molar-refractivity contribution in [1.29, 1.82) is 5.26 Å². The first kappa shape index (κ1) is 13.0. The van der Waals surface area contributed by atoms with Crippen LogP contribution in [0.5, 0.6) is 5.75 Å². The van der Waals surface area contributed by atoms with Gasteiger partial charge in [0.05, 0.1) is 12.2 Å². The van der Waals surface area contributed by atoms with E-state index in [0.29, 0.717) is 11.5 Å². The molecule has 0 saturated heterocycles. The molecule has 0 aliphatic heterocycles. The average Bonchev–Trinajstić information content (AvgIpc) is 2.65. The fourth-order valence-corrected chi connectivity index (χ4v) is 2.66. The van der Waals surface area contributed by atoms with Gasteiger partial charge in [0.2, 0.25) is 0 Å². The summed E-state index contributed by atoms with van der Waals surface area (Å²) in [7, 11) is 0. The minimum atomic E-state index is 0.656. The lowest BCUT2D eigenvalue weighted by molar-refractivity contribution is 0.232. The molecule has 0 heterocycles. The second kappa shape index (κ2) is 6.44. The Labute approximate surface area is 110 Å².